The summed E-state index contributed by atoms with van der Waals surface area (Å²) < 4.78 is 0. The molecule has 4 nitrogen and oxygen atoms in total. The molecule has 3 heterocycles. The Bertz CT molecular complexity index is 733. The molecule has 0 bridgehead atoms. The number of hydrogen-bond acceptors (Lipinski definition) is 4. The minimum Gasteiger partial charge on any atom is -0.309 e. The summed E-state index contributed by atoms with van der Waals surface area (Å²) in [4.78, 5) is 24.9. The Balaban J connectivity index is 1.66. The van der Waals surface area contributed by atoms with Crippen LogP contribution in [0.4, 0.5) is 0 Å². The molecule has 1 aliphatic carbocycles. The second kappa shape index (κ2) is 5.21. The molecule has 1 N–H and O–H groups in total. The van der Waals surface area contributed by atoms with Crippen molar-refractivity contribution in [3.05, 3.63) is 26.6 Å². The number of thiophene rings is 1. The molecule has 0 unspecified atom stereocenters. The Hall–Kier alpha value is -1.20. The van der Waals surface area contributed by atoms with Crippen LogP contribution in [0.25, 0.3) is 10.2 Å². The van der Waals surface area contributed by atoms with Crippen molar-refractivity contribution in [2.75, 3.05) is 13.1 Å². The van der Waals surface area contributed by atoms with E-state index in [-0.39, 0.29) is 5.56 Å². The standard InChI is InChI=1S/C16H21N3OS/c1-10-4-3-7-19(8-10)9-13-17-15(20)14-11-5-2-6-12(11)21-16(14)18-13/h10H,2-9H2,1H3,(H,17,18,20)/t10-/m0/s1. The average Bonchev–Trinajstić information content (AvgIpc) is 2.98. The summed E-state index contributed by atoms with van der Waals surface area (Å²) in [5.41, 5.74) is 1.33. The van der Waals surface area contributed by atoms with Gasteiger partial charge < -0.3 is 4.98 Å². The third kappa shape index (κ3) is 2.42. The second-order valence-corrected chi connectivity index (χ2v) is 7.62. The largest absolute Gasteiger partial charge is 0.309 e. The minimum absolute atomic E-state index is 0.0689. The van der Waals surface area contributed by atoms with E-state index in [1.807, 2.05) is 0 Å². The van der Waals surface area contributed by atoms with Crippen LogP contribution in [0.3, 0.4) is 0 Å². The maximum atomic E-state index is 12.4. The second-order valence-electron chi connectivity index (χ2n) is 6.53. The first-order valence-corrected chi connectivity index (χ1v) is 8.78. The third-order valence-electron chi connectivity index (χ3n) is 4.74. The van der Waals surface area contributed by atoms with Crippen LogP contribution in [-0.2, 0) is 19.4 Å². The Morgan fingerprint density at radius 2 is 2.29 bits per heavy atom. The lowest BCUT2D eigenvalue weighted by Gasteiger charge is -2.30. The average molecular weight is 303 g/mol. The number of aromatic amines is 1. The zero-order valence-corrected chi connectivity index (χ0v) is 13.3. The summed E-state index contributed by atoms with van der Waals surface area (Å²) >= 11 is 1.73. The Morgan fingerprint density at radius 3 is 3.14 bits per heavy atom. The van der Waals surface area contributed by atoms with E-state index in [1.54, 1.807) is 11.3 Å². The fourth-order valence-electron chi connectivity index (χ4n) is 3.76. The summed E-state index contributed by atoms with van der Waals surface area (Å²) in [5, 5.41) is 0.864. The first-order chi connectivity index (χ1) is 10.2. The van der Waals surface area contributed by atoms with Crippen molar-refractivity contribution in [2.45, 2.75) is 45.6 Å². The highest BCUT2D eigenvalue weighted by Gasteiger charge is 2.22. The van der Waals surface area contributed by atoms with Crippen molar-refractivity contribution in [3.8, 4) is 0 Å². The number of hydrogen-bond donors (Lipinski definition) is 1. The monoisotopic (exact) mass is 303 g/mol. The number of piperidine rings is 1. The number of nitrogens with one attached hydrogen (secondary N) is 1. The molecule has 2 aliphatic rings. The fraction of sp³-hybridized carbons (Fsp3) is 0.625. The molecule has 5 heteroatoms. The lowest BCUT2D eigenvalue weighted by atomic mass is 10.0. The van der Waals surface area contributed by atoms with Crippen LogP contribution in [0.15, 0.2) is 4.79 Å². The normalized spacial score (nSPS) is 22.8. The Labute approximate surface area is 128 Å². The molecule has 0 radical (unpaired) electrons. The molecule has 1 fully saturated rings. The number of H-pyrrole nitrogens is 1. The summed E-state index contributed by atoms with van der Waals surface area (Å²) in [6, 6.07) is 0. The van der Waals surface area contributed by atoms with Gasteiger partial charge in [-0.05, 0) is 50.1 Å². The van der Waals surface area contributed by atoms with Gasteiger partial charge >= 0.3 is 0 Å². The van der Waals surface area contributed by atoms with Gasteiger partial charge in [-0.25, -0.2) is 4.98 Å². The van der Waals surface area contributed by atoms with Crippen LogP contribution in [0.2, 0.25) is 0 Å². The molecule has 2 aromatic rings. The van der Waals surface area contributed by atoms with Crippen LogP contribution in [0.1, 0.15) is 42.5 Å². The molecule has 0 spiro atoms. The molecule has 4 rings (SSSR count). The summed E-state index contributed by atoms with van der Waals surface area (Å²) in [7, 11) is 0. The van der Waals surface area contributed by atoms with Gasteiger partial charge in [0.2, 0.25) is 0 Å². The highest BCUT2D eigenvalue weighted by molar-refractivity contribution is 7.18. The fourth-order valence-corrected chi connectivity index (χ4v) is 5.04. The molecule has 0 saturated carbocycles. The van der Waals surface area contributed by atoms with Gasteiger partial charge in [-0.3, -0.25) is 9.69 Å². The number of rotatable bonds is 2. The van der Waals surface area contributed by atoms with Crippen molar-refractivity contribution in [1.82, 2.24) is 14.9 Å². The van der Waals surface area contributed by atoms with Crippen LogP contribution >= 0.6 is 11.3 Å². The SMILES string of the molecule is C[C@H]1CCCN(Cc2nc3sc4c(c3c(=O)[nH]2)CCC4)C1. The van der Waals surface area contributed by atoms with E-state index < -0.39 is 0 Å². The smallest absolute Gasteiger partial charge is 0.259 e. The van der Waals surface area contributed by atoms with Crippen LogP contribution in [0, 0.1) is 5.92 Å². The van der Waals surface area contributed by atoms with Gasteiger partial charge in [-0.2, -0.15) is 0 Å². The zero-order valence-electron chi connectivity index (χ0n) is 12.4. The highest BCUT2D eigenvalue weighted by Crippen LogP contribution is 2.34. The van der Waals surface area contributed by atoms with Crippen LogP contribution < -0.4 is 5.56 Å². The number of likely N-dealkylation sites (tertiary alicyclic amines) is 1. The molecule has 1 saturated heterocycles. The van der Waals surface area contributed by atoms with E-state index in [0.29, 0.717) is 0 Å². The number of aryl methyl sites for hydroxylation is 2. The van der Waals surface area contributed by atoms with Gasteiger partial charge in [0, 0.05) is 11.4 Å². The number of aromatic nitrogens is 2. The molecular weight excluding hydrogens is 282 g/mol. The van der Waals surface area contributed by atoms with Crippen LogP contribution in [0.5, 0.6) is 0 Å². The lowest BCUT2D eigenvalue weighted by Crippen LogP contribution is -2.34. The van der Waals surface area contributed by atoms with Crippen molar-refractivity contribution >= 4 is 21.6 Å². The minimum atomic E-state index is 0.0689. The topological polar surface area (TPSA) is 49.0 Å². The maximum absolute atomic E-state index is 12.4. The Morgan fingerprint density at radius 1 is 1.38 bits per heavy atom. The quantitative estimate of drug-likeness (QED) is 0.928. The molecule has 112 valence electrons. The number of nitrogens with zero attached hydrogens (tertiary/aromatic N) is 2. The highest BCUT2D eigenvalue weighted by atomic mass is 32.1. The van der Waals surface area contributed by atoms with E-state index in [9.17, 15) is 4.79 Å². The van der Waals surface area contributed by atoms with Gasteiger partial charge in [0.1, 0.15) is 10.7 Å². The van der Waals surface area contributed by atoms with Gasteiger partial charge in [-0.1, -0.05) is 6.92 Å². The summed E-state index contributed by atoms with van der Waals surface area (Å²) in [6.07, 6.45) is 5.92. The number of fused-ring (bicyclic) bond motifs is 3. The molecule has 2 aromatic heterocycles. The molecule has 21 heavy (non-hydrogen) atoms. The van der Waals surface area contributed by atoms with Crippen LogP contribution in [-0.4, -0.2) is 28.0 Å². The first kappa shape index (κ1) is 13.5. The molecule has 0 amide bonds. The van der Waals surface area contributed by atoms with E-state index in [1.165, 1.54) is 29.7 Å². The lowest BCUT2D eigenvalue weighted by molar-refractivity contribution is 0.173. The van der Waals surface area contributed by atoms with E-state index >= 15 is 0 Å². The van der Waals surface area contributed by atoms with Crippen molar-refractivity contribution in [3.63, 3.8) is 0 Å². The van der Waals surface area contributed by atoms with E-state index in [0.717, 1.165) is 54.4 Å². The molecule has 1 aliphatic heterocycles. The predicted octanol–water partition coefficient (Wildman–Crippen LogP) is 2.71. The maximum Gasteiger partial charge on any atom is 0.259 e. The molecule has 0 aromatic carbocycles. The van der Waals surface area contributed by atoms with Gasteiger partial charge in [0.05, 0.1) is 11.9 Å². The molecule has 1 atom stereocenters. The van der Waals surface area contributed by atoms with Gasteiger partial charge in [0.15, 0.2) is 0 Å². The Kier molecular flexibility index (Phi) is 3.34. The van der Waals surface area contributed by atoms with Gasteiger partial charge in [-0.15, -0.1) is 11.3 Å². The van der Waals surface area contributed by atoms with Gasteiger partial charge in [0.25, 0.3) is 5.56 Å². The summed E-state index contributed by atoms with van der Waals surface area (Å²) in [6.45, 7) is 5.31. The third-order valence-corrected chi connectivity index (χ3v) is 5.92. The molecular formula is C16H21N3OS. The van der Waals surface area contributed by atoms with E-state index in [2.05, 4.69) is 16.8 Å². The van der Waals surface area contributed by atoms with Crippen molar-refractivity contribution in [1.29, 1.82) is 0 Å². The van der Waals surface area contributed by atoms with Crippen molar-refractivity contribution in [2.24, 2.45) is 5.92 Å². The summed E-state index contributed by atoms with van der Waals surface area (Å²) in [5.74, 6) is 1.58. The first-order valence-electron chi connectivity index (χ1n) is 7.96. The van der Waals surface area contributed by atoms with E-state index in [4.69, 9.17) is 4.98 Å². The van der Waals surface area contributed by atoms with Crippen molar-refractivity contribution < 1.29 is 0 Å². The predicted molar refractivity (Wildman–Crippen MR) is 85.9 cm³/mol. The zero-order chi connectivity index (χ0) is 14.4.